The number of hydrogen-bond acceptors (Lipinski definition) is 7. The van der Waals surface area contributed by atoms with Crippen molar-refractivity contribution in [3.05, 3.63) is 75.3 Å². The van der Waals surface area contributed by atoms with Gasteiger partial charge in [0.05, 0.1) is 10.6 Å². The van der Waals surface area contributed by atoms with Gasteiger partial charge in [0.2, 0.25) is 11.6 Å². The lowest BCUT2D eigenvalue weighted by Crippen LogP contribution is -2.28. The maximum Gasteiger partial charge on any atom is 0.439 e. The molecule has 1 unspecified atom stereocenters. The Hall–Kier alpha value is -4.06. The average molecular weight is 584 g/mol. The van der Waals surface area contributed by atoms with Crippen LogP contribution in [-0.2, 0) is 12.2 Å². The van der Waals surface area contributed by atoms with Crippen molar-refractivity contribution in [2.24, 2.45) is 11.8 Å². The molecular weight excluding hydrogens is 559 g/mol. The van der Waals surface area contributed by atoms with Gasteiger partial charge in [-0.3, -0.25) is 14.5 Å². The second kappa shape index (κ2) is 10.4. The summed E-state index contributed by atoms with van der Waals surface area (Å²) in [6.07, 6.45) is 6.77. The van der Waals surface area contributed by atoms with Crippen LogP contribution in [0, 0.1) is 23.5 Å². The standard InChI is InChI=1S/C28H25ClF3N7O2/c1-14-6-8-15(9-7-14)13-39-22-21(16-10-17(29)12-33-11-16)34-24(25-37-27(40)41-38-25)35-23(22)36-26(39)28(2,32)20-18(30)4-3-5-19(20)31/h3-5,10-12,14-15H,6-9,13H2,1-2H3,(H,37,38,40). The average Bonchev–Trinajstić information content (AvgIpc) is 3.53. The van der Waals surface area contributed by atoms with Crippen LogP contribution in [0.5, 0.6) is 0 Å². The first-order chi connectivity index (χ1) is 19.6. The van der Waals surface area contributed by atoms with E-state index in [1.54, 1.807) is 10.6 Å². The lowest BCUT2D eigenvalue weighted by atomic mass is 9.83. The smallest absolute Gasteiger partial charge is 0.322 e. The number of fused-ring (bicyclic) bond motifs is 1. The predicted octanol–water partition coefficient (Wildman–Crippen LogP) is 6.22. The quantitative estimate of drug-likeness (QED) is 0.252. The van der Waals surface area contributed by atoms with E-state index < -0.39 is 28.6 Å². The number of nitrogens with one attached hydrogen (secondary N) is 1. The van der Waals surface area contributed by atoms with E-state index in [4.69, 9.17) is 11.6 Å². The van der Waals surface area contributed by atoms with E-state index >= 15 is 4.39 Å². The van der Waals surface area contributed by atoms with Crippen molar-refractivity contribution in [1.29, 1.82) is 0 Å². The van der Waals surface area contributed by atoms with Gasteiger partial charge in [-0.05, 0) is 49.8 Å². The predicted molar refractivity (Wildman–Crippen MR) is 145 cm³/mol. The summed E-state index contributed by atoms with van der Waals surface area (Å²) >= 11 is 6.26. The molecule has 0 radical (unpaired) electrons. The Balaban J connectivity index is 1.65. The van der Waals surface area contributed by atoms with E-state index in [0.29, 0.717) is 28.6 Å². The minimum Gasteiger partial charge on any atom is -0.322 e. The Labute approximate surface area is 236 Å². The molecule has 0 bridgehead atoms. The molecule has 1 fully saturated rings. The molecule has 0 amide bonds. The van der Waals surface area contributed by atoms with Crippen molar-refractivity contribution in [3.8, 4) is 22.9 Å². The minimum atomic E-state index is -2.69. The second-order valence-electron chi connectivity index (χ2n) is 10.7. The summed E-state index contributed by atoms with van der Waals surface area (Å²) < 4.78 is 53.1. The normalized spacial score (nSPS) is 19.0. The molecule has 5 aromatic rings. The molecule has 1 aliphatic rings. The van der Waals surface area contributed by atoms with E-state index in [-0.39, 0.29) is 34.7 Å². The van der Waals surface area contributed by atoms with E-state index in [0.717, 1.165) is 44.7 Å². The highest BCUT2D eigenvalue weighted by Gasteiger charge is 2.41. The number of aromatic amines is 1. The molecule has 1 atom stereocenters. The third-order valence-electron chi connectivity index (χ3n) is 7.66. The summed E-state index contributed by atoms with van der Waals surface area (Å²) in [6, 6.07) is 4.81. The van der Waals surface area contributed by atoms with Crippen molar-refractivity contribution in [3.63, 3.8) is 0 Å². The molecule has 1 saturated carbocycles. The number of pyridine rings is 1. The third kappa shape index (κ3) is 5.01. The number of nitrogens with zero attached hydrogens (tertiary/aromatic N) is 6. The fraction of sp³-hybridized carbons (Fsp3) is 0.357. The highest BCUT2D eigenvalue weighted by atomic mass is 35.5. The first-order valence-corrected chi connectivity index (χ1v) is 13.6. The van der Waals surface area contributed by atoms with Gasteiger partial charge < -0.3 is 4.57 Å². The first-order valence-electron chi connectivity index (χ1n) is 13.2. The Morgan fingerprint density at radius 1 is 1.12 bits per heavy atom. The monoisotopic (exact) mass is 583 g/mol. The summed E-state index contributed by atoms with van der Waals surface area (Å²) in [7, 11) is 0. The number of imidazole rings is 1. The highest BCUT2D eigenvalue weighted by Crippen LogP contribution is 2.41. The molecule has 0 aliphatic heterocycles. The molecule has 212 valence electrons. The molecule has 0 saturated heterocycles. The number of hydrogen-bond donors (Lipinski definition) is 1. The minimum absolute atomic E-state index is 0.0358. The number of rotatable bonds is 6. The van der Waals surface area contributed by atoms with Gasteiger partial charge in [0.15, 0.2) is 17.1 Å². The largest absolute Gasteiger partial charge is 0.439 e. The molecule has 9 nitrogen and oxygen atoms in total. The fourth-order valence-electron chi connectivity index (χ4n) is 5.57. The van der Waals surface area contributed by atoms with E-state index in [1.807, 2.05) is 0 Å². The van der Waals surface area contributed by atoms with Crippen LogP contribution >= 0.6 is 11.6 Å². The summed E-state index contributed by atoms with van der Waals surface area (Å²) in [6.45, 7) is 3.60. The van der Waals surface area contributed by atoms with Crippen LogP contribution in [0.2, 0.25) is 5.02 Å². The molecule has 1 aliphatic carbocycles. The van der Waals surface area contributed by atoms with Gasteiger partial charge in [-0.25, -0.2) is 32.9 Å². The molecule has 41 heavy (non-hydrogen) atoms. The zero-order chi connectivity index (χ0) is 28.9. The van der Waals surface area contributed by atoms with Crippen molar-refractivity contribution < 1.29 is 17.7 Å². The van der Waals surface area contributed by atoms with Crippen LogP contribution in [0.4, 0.5) is 13.2 Å². The van der Waals surface area contributed by atoms with Crippen LogP contribution in [0.25, 0.3) is 34.1 Å². The molecule has 0 spiro atoms. The molecule has 4 heterocycles. The van der Waals surface area contributed by atoms with E-state index in [1.165, 1.54) is 18.5 Å². The Morgan fingerprint density at radius 2 is 1.85 bits per heavy atom. The summed E-state index contributed by atoms with van der Waals surface area (Å²) in [5, 5.41) is 4.00. The molecule has 1 aromatic carbocycles. The summed E-state index contributed by atoms with van der Waals surface area (Å²) in [5.74, 6) is -2.52. The van der Waals surface area contributed by atoms with Gasteiger partial charge in [0.1, 0.15) is 22.8 Å². The van der Waals surface area contributed by atoms with Gasteiger partial charge in [-0.1, -0.05) is 42.6 Å². The molecule has 4 aromatic heterocycles. The van der Waals surface area contributed by atoms with Crippen LogP contribution in [0.1, 0.15) is 50.9 Å². The van der Waals surface area contributed by atoms with Gasteiger partial charge in [-0.2, -0.15) is 0 Å². The number of aromatic nitrogens is 7. The summed E-state index contributed by atoms with van der Waals surface area (Å²) in [5.41, 5.74) is -2.35. The maximum atomic E-state index is 16.9. The van der Waals surface area contributed by atoms with Crippen LogP contribution < -0.4 is 5.76 Å². The second-order valence-corrected chi connectivity index (χ2v) is 11.1. The van der Waals surface area contributed by atoms with Crippen LogP contribution in [-0.4, -0.2) is 34.6 Å². The first kappa shape index (κ1) is 27.1. The molecule has 13 heteroatoms. The van der Waals surface area contributed by atoms with E-state index in [2.05, 4.69) is 41.5 Å². The van der Waals surface area contributed by atoms with Crippen molar-refractivity contribution in [1.82, 2.24) is 34.6 Å². The van der Waals surface area contributed by atoms with Crippen LogP contribution in [0.15, 0.2) is 46.0 Å². The van der Waals surface area contributed by atoms with Gasteiger partial charge in [-0.15, -0.1) is 0 Å². The van der Waals surface area contributed by atoms with Crippen molar-refractivity contribution in [2.45, 2.75) is 51.7 Å². The molecule has 1 N–H and O–H groups in total. The Kier molecular flexibility index (Phi) is 6.88. The topological polar surface area (TPSA) is 115 Å². The number of H-pyrrole nitrogens is 1. The van der Waals surface area contributed by atoms with Gasteiger partial charge >= 0.3 is 5.76 Å². The van der Waals surface area contributed by atoms with Gasteiger partial charge in [0, 0.05) is 24.5 Å². The number of halogens is 4. The number of benzene rings is 1. The zero-order valence-electron chi connectivity index (χ0n) is 22.2. The van der Waals surface area contributed by atoms with Crippen molar-refractivity contribution >= 4 is 22.8 Å². The van der Waals surface area contributed by atoms with Crippen LogP contribution in [0.3, 0.4) is 0 Å². The maximum absolute atomic E-state index is 16.9. The van der Waals surface area contributed by atoms with Crippen molar-refractivity contribution in [2.75, 3.05) is 0 Å². The fourth-order valence-corrected chi connectivity index (χ4v) is 5.75. The highest BCUT2D eigenvalue weighted by molar-refractivity contribution is 6.30. The zero-order valence-corrected chi connectivity index (χ0v) is 22.9. The lowest BCUT2D eigenvalue weighted by Gasteiger charge is -2.29. The third-order valence-corrected chi connectivity index (χ3v) is 7.87. The van der Waals surface area contributed by atoms with E-state index in [9.17, 15) is 13.6 Å². The van der Waals surface area contributed by atoms with Gasteiger partial charge in [0.25, 0.3) is 0 Å². The summed E-state index contributed by atoms with van der Waals surface area (Å²) in [4.78, 5) is 31.9. The Bertz CT molecular complexity index is 1790. The number of alkyl halides is 1. The SMILES string of the molecule is CC1CCC(Cn2c(C(C)(F)c3c(F)cccc3F)nc3nc(-c4noc(=O)[nH]4)nc(-c4cncc(Cl)c4)c32)CC1. The molecule has 6 rings (SSSR count). The lowest BCUT2D eigenvalue weighted by molar-refractivity contribution is 0.202. The Morgan fingerprint density at radius 3 is 2.51 bits per heavy atom. The molecular formula is C28H25ClF3N7O2.